The van der Waals surface area contributed by atoms with Gasteiger partial charge in [0.2, 0.25) is 5.78 Å². The Kier molecular flexibility index (Phi) is 6.82. The van der Waals surface area contributed by atoms with Gasteiger partial charge in [0.05, 0.1) is 0 Å². The number of hydrogen-bond donors (Lipinski definition) is 4. The third-order valence-electron chi connectivity index (χ3n) is 4.84. The number of hydrogen-bond acceptors (Lipinski definition) is 5. The Morgan fingerprint density at radius 1 is 0.781 bits per heavy atom. The quantitative estimate of drug-likeness (QED) is 0.208. The van der Waals surface area contributed by atoms with Gasteiger partial charge in [0.25, 0.3) is 5.91 Å². The lowest BCUT2D eigenvalue weighted by Gasteiger charge is -2.27. The van der Waals surface area contributed by atoms with E-state index >= 15 is 0 Å². The van der Waals surface area contributed by atoms with Gasteiger partial charge in [0.1, 0.15) is 5.76 Å². The molecule has 0 aliphatic rings. The molecule has 3 aromatic carbocycles. The fraction of sp³-hybridized carbons (Fsp3) is 0.0800. The first-order chi connectivity index (χ1) is 15.3. The van der Waals surface area contributed by atoms with Crippen LogP contribution < -0.4 is 10.9 Å². The molecule has 0 saturated carbocycles. The number of aliphatic hydroxyl groups is 2. The summed E-state index contributed by atoms with van der Waals surface area (Å²) in [6.07, 6.45) is 0.757. The summed E-state index contributed by atoms with van der Waals surface area (Å²) in [4.78, 5) is 37.2. The van der Waals surface area contributed by atoms with Crippen LogP contribution in [0.1, 0.15) is 22.3 Å². The summed E-state index contributed by atoms with van der Waals surface area (Å²) in [5.74, 6) is -3.60. The van der Waals surface area contributed by atoms with Crippen LogP contribution in [0.25, 0.3) is 5.76 Å². The van der Waals surface area contributed by atoms with Crippen LogP contribution in [0.5, 0.6) is 0 Å². The molecule has 4 N–H and O–H groups in total. The maximum atomic E-state index is 12.9. The number of aryl methyl sites for hydroxylation is 1. The van der Waals surface area contributed by atoms with Crippen molar-refractivity contribution in [2.75, 3.05) is 0 Å². The second kappa shape index (κ2) is 9.72. The van der Waals surface area contributed by atoms with Crippen molar-refractivity contribution in [1.29, 1.82) is 0 Å². The Morgan fingerprint density at radius 3 is 1.78 bits per heavy atom. The predicted octanol–water partition coefficient (Wildman–Crippen LogP) is 2.55. The zero-order valence-electron chi connectivity index (χ0n) is 17.3. The van der Waals surface area contributed by atoms with E-state index < -0.39 is 23.2 Å². The summed E-state index contributed by atoms with van der Waals surface area (Å²) < 4.78 is 0. The summed E-state index contributed by atoms with van der Waals surface area (Å²) in [7, 11) is 0. The van der Waals surface area contributed by atoms with Crippen molar-refractivity contribution in [3.8, 4) is 0 Å². The van der Waals surface area contributed by atoms with Crippen LogP contribution in [0.2, 0.25) is 0 Å². The van der Waals surface area contributed by atoms with E-state index in [1.165, 1.54) is 0 Å². The van der Waals surface area contributed by atoms with Crippen LogP contribution in [-0.4, -0.2) is 27.8 Å². The standard InChI is InChI=1S/C25H22N2O5/c1-17-12-14-18(15-13-17)21(28)16-22(29)23(30)26-27-24(31)25(32,19-8-4-2-5-9-19)20-10-6-3-7-11-20/h2-16,28,32H,1H3,(H,26,30)(H,27,31). The van der Waals surface area contributed by atoms with E-state index in [9.17, 15) is 24.6 Å². The van der Waals surface area contributed by atoms with Crippen LogP contribution >= 0.6 is 0 Å². The number of ketones is 1. The van der Waals surface area contributed by atoms with Crippen LogP contribution in [0, 0.1) is 6.92 Å². The average molecular weight is 430 g/mol. The molecule has 3 aromatic rings. The number of rotatable bonds is 6. The Morgan fingerprint density at radius 2 is 1.28 bits per heavy atom. The lowest BCUT2D eigenvalue weighted by molar-refractivity contribution is -0.142. The van der Waals surface area contributed by atoms with Crippen molar-refractivity contribution in [1.82, 2.24) is 10.9 Å². The second-order valence-electron chi connectivity index (χ2n) is 7.11. The van der Waals surface area contributed by atoms with Gasteiger partial charge in [-0.25, -0.2) is 0 Å². The highest BCUT2D eigenvalue weighted by Crippen LogP contribution is 2.29. The fourth-order valence-corrected chi connectivity index (χ4v) is 3.05. The first-order valence-electron chi connectivity index (χ1n) is 9.78. The highest BCUT2D eigenvalue weighted by molar-refractivity contribution is 6.41. The number of nitrogens with one attached hydrogen (secondary N) is 2. The zero-order chi connectivity index (χ0) is 23.1. The minimum Gasteiger partial charge on any atom is -0.507 e. The number of aliphatic hydroxyl groups excluding tert-OH is 1. The highest BCUT2D eigenvalue weighted by atomic mass is 16.3. The molecule has 0 aliphatic heterocycles. The molecule has 0 spiro atoms. The monoisotopic (exact) mass is 430 g/mol. The first kappa shape index (κ1) is 22.5. The van der Waals surface area contributed by atoms with Crippen molar-refractivity contribution in [3.05, 3.63) is 113 Å². The molecule has 2 amide bonds. The average Bonchev–Trinajstić information content (AvgIpc) is 2.83. The summed E-state index contributed by atoms with van der Waals surface area (Å²) in [6.45, 7) is 1.87. The van der Waals surface area contributed by atoms with Gasteiger partial charge in [-0.2, -0.15) is 0 Å². The number of benzene rings is 3. The van der Waals surface area contributed by atoms with E-state index in [1.54, 1.807) is 84.9 Å². The summed E-state index contributed by atoms with van der Waals surface area (Å²) in [5, 5.41) is 21.4. The molecular formula is C25H22N2O5. The molecule has 3 rings (SSSR count). The lowest BCUT2D eigenvalue weighted by Crippen LogP contribution is -2.53. The smallest absolute Gasteiger partial charge is 0.310 e. The molecule has 0 radical (unpaired) electrons. The fourth-order valence-electron chi connectivity index (χ4n) is 3.05. The summed E-state index contributed by atoms with van der Waals surface area (Å²) in [5.41, 5.74) is 3.87. The molecule has 0 atom stereocenters. The Hall–Kier alpha value is -4.23. The van der Waals surface area contributed by atoms with Gasteiger partial charge < -0.3 is 10.2 Å². The minimum atomic E-state index is -2.11. The van der Waals surface area contributed by atoms with Gasteiger partial charge in [0.15, 0.2) is 5.60 Å². The van der Waals surface area contributed by atoms with Crippen LogP contribution in [0.4, 0.5) is 0 Å². The molecule has 0 aromatic heterocycles. The predicted molar refractivity (Wildman–Crippen MR) is 119 cm³/mol. The summed E-state index contributed by atoms with van der Waals surface area (Å²) >= 11 is 0. The van der Waals surface area contributed by atoms with Crippen LogP contribution in [-0.2, 0) is 20.0 Å². The van der Waals surface area contributed by atoms with Gasteiger partial charge >= 0.3 is 5.91 Å². The highest BCUT2D eigenvalue weighted by Gasteiger charge is 2.40. The third kappa shape index (κ3) is 4.91. The third-order valence-corrected chi connectivity index (χ3v) is 4.84. The van der Waals surface area contributed by atoms with E-state index in [4.69, 9.17) is 0 Å². The molecule has 0 heterocycles. The molecular weight excluding hydrogens is 408 g/mol. The minimum absolute atomic E-state index is 0.279. The molecule has 0 saturated heterocycles. The van der Waals surface area contributed by atoms with E-state index in [2.05, 4.69) is 5.43 Å². The van der Waals surface area contributed by atoms with Crippen LogP contribution in [0.15, 0.2) is 91.0 Å². The van der Waals surface area contributed by atoms with Gasteiger partial charge in [0, 0.05) is 11.6 Å². The van der Waals surface area contributed by atoms with E-state index in [1.807, 2.05) is 12.3 Å². The van der Waals surface area contributed by atoms with Gasteiger partial charge in [-0.05, 0) is 18.1 Å². The Bertz CT molecular complexity index is 1100. The SMILES string of the molecule is Cc1ccc(C(O)=CC(=O)C(=O)NNC(=O)C(O)(c2ccccc2)c2ccccc2)cc1. The number of hydrazine groups is 1. The summed E-state index contributed by atoms with van der Waals surface area (Å²) in [6, 6.07) is 23.1. The van der Waals surface area contributed by atoms with E-state index in [-0.39, 0.29) is 16.9 Å². The molecule has 162 valence electrons. The molecule has 0 fully saturated rings. The molecule has 0 aliphatic carbocycles. The number of amides is 2. The largest absolute Gasteiger partial charge is 0.507 e. The number of carbonyl (C=O) groups excluding carboxylic acids is 3. The van der Waals surface area contributed by atoms with Gasteiger partial charge in [-0.1, -0.05) is 90.5 Å². The second-order valence-corrected chi connectivity index (χ2v) is 7.11. The molecule has 0 bridgehead atoms. The van der Waals surface area contributed by atoms with Crippen molar-refractivity contribution < 1.29 is 24.6 Å². The van der Waals surface area contributed by atoms with Crippen molar-refractivity contribution >= 4 is 23.4 Å². The van der Waals surface area contributed by atoms with Crippen molar-refractivity contribution in [2.45, 2.75) is 12.5 Å². The molecule has 7 heteroatoms. The molecule has 7 nitrogen and oxygen atoms in total. The molecule has 32 heavy (non-hydrogen) atoms. The topological polar surface area (TPSA) is 116 Å². The van der Waals surface area contributed by atoms with Gasteiger partial charge in [-0.15, -0.1) is 0 Å². The zero-order valence-corrected chi connectivity index (χ0v) is 17.3. The van der Waals surface area contributed by atoms with E-state index in [0.29, 0.717) is 5.56 Å². The van der Waals surface area contributed by atoms with Crippen LogP contribution in [0.3, 0.4) is 0 Å². The maximum absolute atomic E-state index is 12.9. The van der Waals surface area contributed by atoms with Crippen molar-refractivity contribution in [3.63, 3.8) is 0 Å². The normalized spacial score (nSPS) is 11.5. The lowest BCUT2D eigenvalue weighted by atomic mass is 9.85. The van der Waals surface area contributed by atoms with Gasteiger partial charge in [-0.3, -0.25) is 25.2 Å². The number of carbonyl (C=O) groups is 3. The Labute approximate surface area is 185 Å². The first-order valence-corrected chi connectivity index (χ1v) is 9.78. The Balaban J connectivity index is 1.75. The molecule has 0 unspecified atom stereocenters. The van der Waals surface area contributed by atoms with E-state index in [0.717, 1.165) is 11.6 Å². The van der Waals surface area contributed by atoms with Crippen molar-refractivity contribution in [2.24, 2.45) is 0 Å². The maximum Gasteiger partial charge on any atom is 0.310 e.